The van der Waals surface area contributed by atoms with Crippen LogP contribution in [-0.4, -0.2) is 18.9 Å². The second-order valence-corrected chi connectivity index (χ2v) is 9.93. The van der Waals surface area contributed by atoms with Gasteiger partial charge in [0, 0.05) is 44.1 Å². The van der Waals surface area contributed by atoms with Gasteiger partial charge in [0.1, 0.15) is 18.1 Å². The zero-order chi connectivity index (χ0) is 23.0. The number of hydrogen-bond donors (Lipinski definition) is 1. The summed E-state index contributed by atoms with van der Waals surface area (Å²) in [4.78, 5) is 27.8. The van der Waals surface area contributed by atoms with E-state index < -0.39 is 11.9 Å². The van der Waals surface area contributed by atoms with E-state index in [4.69, 9.17) is 21.1 Å². The Hall–Kier alpha value is -2.57. The predicted molar refractivity (Wildman–Crippen MR) is 126 cm³/mol. The summed E-state index contributed by atoms with van der Waals surface area (Å²) in [7, 11) is 1.38. The van der Waals surface area contributed by atoms with E-state index in [0.29, 0.717) is 30.0 Å². The highest BCUT2D eigenvalue weighted by Gasteiger charge is 2.44. The van der Waals surface area contributed by atoms with Gasteiger partial charge in [-0.1, -0.05) is 17.7 Å². The molecule has 2 heterocycles. The molecule has 1 N–H and O–H groups in total. The van der Waals surface area contributed by atoms with Gasteiger partial charge in [0.15, 0.2) is 0 Å². The second-order valence-electron chi connectivity index (χ2n) is 8.20. The number of halogens is 1. The van der Waals surface area contributed by atoms with E-state index >= 15 is 0 Å². The highest BCUT2D eigenvalue weighted by Crippen LogP contribution is 2.46. The number of nitrogens with one attached hydrogen (secondary N) is 1. The third-order valence-corrected chi connectivity index (χ3v) is 7.50. The van der Waals surface area contributed by atoms with Crippen molar-refractivity contribution in [2.45, 2.75) is 46.1 Å². The molecule has 4 rings (SSSR count). The van der Waals surface area contributed by atoms with Gasteiger partial charge < -0.3 is 14.8 Å². The fourth-order valence-electron chi connectivity index (χ4n) is 4.47. The Morgan fingerprint density at radius 3 is 2.72 bits per heavy atom. The normalized spacial score (nSPS) is 20.4. The number of rotatable bonds is 5. The highest BCUT2D eigenvalue weighted by atomic mass is 35.5. The van der Waals surface area contributed by atoms with E-state index in [1.165, 1.54) is 7.11 Å². The summed E-state index contributed by atoms with van der Waals surface area (Å²) in [5.41, 5.74) is 4.15. The standard InChI is InChI=1S/C25H26ClNO4S/c1-13-10-17(26)8-9-20(13)31-12-16-11-21(32-15(16)3)24-22(25(29)30-4)14(2)27-18-6-5-7-19(28)23(18)24/h6,8-11,23-24,27H,5,7,12H2,1-4H3. The van der Waals surface area contributed by atoms with Crippen LogP contribution in [0.5, 0.6) is 5.75 Å². The van der Waals surface area contributed by atoms with Crippen molar-refractivity contribution in [3.8, 4) is 5.75 Å². The summed E-state index contributed by atoms with van der Waals surface area (Å²) < 4.78 is 11.2. The zero-order valence-corrected chi connectivity index (χ0v) is 20.2. The van der Waals surface area contributed by atoms with Crippen molar-refractivity contribution in [3.63, 3.8) is 0 Å². The van der Waals surface area contributed by atoms with Crippen molar-refractivity contribution in [2.75, 3.05) is 7.11 Å². The first-order chi connectivity index (χ1) is 15.3. The molecule has 1 aliphatic carbocycles. The van der Waals surface area contributed by atoms with Crippen LogP contribution in [0.3, 0.4) is 0 Å². The molecule has 168 valence electrons. The lowest BCUT2D eigenvalue weighted by atomic mass is 9.73. The van der Waals surface area contributed by atoms with E-state index in [1.807, 2.05) is 39.0 Å². The van der Waals surface area contributed by atoms with Gasteiger partial charge in [-0.15, -0.1) is 11.3 Å². The maximum absolute atomic E-state index is 13.0. The van der Waals surface area contributed by atoms with Crippen molar-refractivity contribution in [1.82, 2.24) is 5.32 Å². The van der Waals surface area contributed by atoms with Crippen LogP contribution >= 0.6 is 22.9 Å². The summed E-state index contributed by atoms with van der Waals surface area (Å²) in [6, 6.07) is 7.61. The molecule has 5 nitrogen and oxygen atoms in total. The van der Waals surface area contributed by atoms with Crippen LogP contribution < -0.4 is 10.1 Å². The molecular weight excluding hydrogens is 446 g/mol. The molecule has 1 aromatic carbocycles. The van der Waals surface area contributed by atoms with Crippen LogP contribution in [0.25, 0.3) is 0 Å². The predicted octanol–water partition coefficient (Wildman–Crippen LogP) is 5.59. The average molecular weight is 472 g/mol. The fraction of sp³-hybridized carbons (Fsp3) is 0.360. The van der Waals surface area contributed by atoms with Crippen molar-refractivity contribution in [3.05, 3.63) is 73.2 Å². The monoisotopic (exact) mass is 471 g/mol. The van der Waals surface area contributed by atoms with Crippen LogP contribution in [0.4, 0.5) is 0 Å². The van der Waals surface area contributed by atoms with Crippen molar-refractivity contribution >= 4 is 34.7 Å². The van der Waals surface area contributed by atoms with Crippen LogP contribution in [0.15, 0.2) is 47.3 Å². The number of Topliss-reactive ketones (excluding diaryl/α,β-unsaturated/α-hetero) is 1. The molecule has 32 heavy (non-hydrogen) atoms. The van der Waals surface area contributed by atoms with E-state index in [0.717, 1.165) is 38.0 Å². The Balaban J connectivity index is 1.69. The van der Waals surface area contributed by atoms with Gasteiger partial charge in [0.05, 0.1) is 18.6 Å². The van der Waals surface area contributed by atoms with Crippen molar-refractivity contribution < 1.29 is 19.1 Å². The Morgan fingerprint density at radius 1 is 1.22 bits per heavy atom. The molecule has 0 radical (unpaired) electrons. The summed E-state index contributed by atoms with van der Waals surface area (Å²) in [5.74, 6) is -0.237. The van der Waals surface area contributed by atoms with Crippen LogP contribution in [0, 0.1) is 19.8 Å². The summed E-state index contributed by atoms with van der Waals surface area (Å²) in [5, 5.41) is 3.96. The molecule has 1 aromatic heterocycles. The molecule has 0 saturated carbocycles. The smallest absolute Gasteiger partial charge is 0.336 e. The second kappa shape index (κ2) is 9.12. The van der Waals surface area contributed by atoms with Gasteiger partial charge in [-0.3, -0.25) is 4.79 Å². The zero-order valence-electron chi connectivity index (χ0n) is 18.6. The summed E-state index contributed by atoms with van der Waals surface area (Å²) >= 11 is 7.65. The number of hydrogen-bond acceptors (Lipinski definition) is 6. The molecule has 0 saturated heterocycles. The summed E-state index contributed by atoms with van der Waals surface area (Å²) in [6.45, 7) is 6.26. The number of aryl methyl sites for hydroxylation is 2. The molecule has 0 spiro atoms. The molecule has 2 aromatic rings. The van der Waals surface area contributed by atoms with Crippen molar-refractivity contribution in [1.29, 1.82) is 0 Å². The molecule has 0 amide bonds. The number of benzene rings is 1. The number of methoxy groups -OCH3 is 1. The van der Waals surface area contributed by atoms with Crippen LogP contribution in [0.2, 0.25) is 5.02 Å². The van der Waals surface area contributed by atoms with Gasteiger partial charge in [0.25, 0.3) is 0 Å². The quantitative estimate of drug-likeness (QED) is 0.575. The van der Waals surface area contributed by atoms with E-state index in [-0.39, 0.29) is 11.7 Å². The SMILES string of the molecule is COC(=O)C1=C(C)NC2=CCCC(=O)C2C1c1cc(COc2ccc(Cl)cc2C)c(C)s1. The minimum absolute atomic E-state index is 0.148. The number of allylic oxidation sites excluding steroid dienone is 3. The average Bonchev–Trinajstić information content (AvgIpc) is 3.12. The largest absolute Gasteiger partial charge is 0.489 e. The lowest BCUT2D eigenvalue weighted by Gasteiger charge is -2.37. The van der Waals surface area contributed by atoms with E-state index in [2.05, 4.69) is 17.5 Å². The number of carbonyl (C=O) groups is 2. The van der Waals surface area contributed by atoms with Gasteiger partial charge in [-0.2, -0.15) is 0 Å². The maximum atomic E-state index is 13.0. The maximum Gasteiger partial charge on any atom is 0.336 e. The highest BCUT2D eigenvalue weighted by molar-refractivity contribution is 7.12. The number of ether oxygens (including phenoxy) is 2. The van der Waals surface area contributed by atoms with Gasteiger partial charge in [-0.05, 0) is 57.0 Å². The van der Waals surface area contributed by atoms with Gasteiger partial charge in [-0.25, -0.2) is 4.79 Å². The van der Waals surface area contributed by atoms with Crippen LogP contribution in [0.1, 0.15) is 46.6 Å². The Bertz CT molecular complexity index is 1150. The molecule has 7 heteroatoms. The number of esters is 1. The molecule has 2 aliphatic rings. The number of ketones is 1. The lowest BCUT2D eigenvalue weighted by molar-refractivity contribution is -0.136. The topological polar surface area (TPSA) is 64.6 Å². The molecule has 2 unspecified atom stereocenters. The Labute approximate surface area is 197 Å². The van der Waals surface area contributed by atoms with E-state index in [9.17, 15) is 9.59 Å². The van der Waals surface area contributed by atoms with Crippen molar-refractivity contribution in [2.24, 2.45) is 5.92 Å². The first kappa shape index (κ1) is 22.6. The van der Waals surface area contributed by atoms with Gasteiger partial charge in [0.2, 0.25) is 0 Å². The Morgan fingerprint density at radius 2 is 2.00 bits per heavy atom. The Kier molecular flexibility index (Phi) is 6.45. The lowest BCUT2D eigenvalue weighted by Crippen LogP contribution is -2.40. The third kappa shape index (κ3) is 4.21. The minimum atomic E-state index is -0.405. The molecular formula is C25H26ClNO4S. The van der Waals surface area contributed by atoms with Crippen LogP contribution in [-0.2, 0) is 20.9 Å². The summed E-state index contributed by atoms with van der Waals surface area (Å²) in [6.07, 6.45) is 3.27. The molecule has 0 bridgehead atoms. The number of thiophene rings is 1. The fourth-order valence-corrected chi connectivity index (χ4v) is 5.88. The third-order valence-electron chi connectivity index (χ3n) is 6.09. The first-order valence-electron chi connectivity index (χ1n) is 10.6. The number of fused-ring (bicyclic) bond motifs is 1. The minimum Gasteiger partial charge on any atom is -0.489 e. The number of carbonyl (C=O) groups excluding carboxylic acids is 2. The molecule has 2 atom stereocenters. The molecule has 0 fully saturated rings. The van der Waals surface area contributed by atoms with E-state index in [1.54, 1.807) is 11.3 Å². The molecule has 1 aliphatic heterocycles. The first-order valence-corrected chi connectivity index (χ1v) is 11.8. The van der Waals surface area contributed by atoms with Gasteiger partial charge >= 0.3 is 5.97 Å².